The summed E-state index contributed by atoms with van der Waals surface area (Å²) in [6.07, 6.45) is 18.1. The zero-order valence-electron chi connectivity index (χ0n) is 27.8. The Bertz CT molecular complexity index is 1240. The third-order valence-electron chi connectivity index (χ3n) is 12.9. The van der Waals surface area contributed by atoms with Gasteiger partial charge in [-0.25, -0.2) is 0 Å². The van der Waals surface area contributed by atoms with Crippen LogP contribution in [0.15, 0.2) is 48.5 Å². The van der Waals surface area contributed by atoms with Gasteiger partial charge in [0.15, 0.2) is 0 Å². The Kier molecular flexibility index (Phi) is 10.1. The molecule has 0 radical (unpaired) electrons. The van der Waals surface area contributed by atoms with Crippen LogP contribution in [0.2, 0.25) is 19.1 Å². The molecule has 3 aromatic carbocycles. The largest absolute Gasteiger partial charge is 0.340 e. The molecule has 0 amide bonds. The van der Waals surface area contributed by atoms with Crippen molar-refractivity contribution in [1.82, 2.24) is 4.98 Å². The van der Waals surface area contributed by atoms with Gasteiger partial charge in [-0.3, -0.25) is 0 Å². The van der Waals surface area contributed by atoms with Crippen molar-refractivity contribution in [2.75, 3.05) is 7.05 Å². The summed E-state index contributed by atoms with van der Waals surface area (Å²) >= 11 is 3.79. The summed E-state index contributed by atoms with van der Waals surface area (Å²) in [5.41, 5.74) is 3.09. The molecule has 4 saturated carbocycles. The average Bonchev–Trinajstić information content (AvgIpc) is 3.65. The minimum atomic E-state index is -0.901. The minimum absolute atomic E-state index is 0.599. The van der Waals surface area contributed by atoms with Crippen molar-refractivity contribution in [2.24, 2.45) is 41.4 Å². The van der Waals surface area contributed by atoms with E-state index >= 15 is 0 Å². The Morgan fingerprint density at radius 1 is 0.651 bits per heavy atom. The maximum atomic E-state index is 3.79. The van der Waals surface area contributed by atoms with E-state index in [1.165, 1.54) is 27.6 Å². The summed E-state index contributed by atoms with van der Waals surface area (Å²) in [4.78, 5) is 3.93. The van der Waals surface area contributed by atoms with Gasteiger partial charge >= 0.3 is 0 Å². The number of halogens is 1. The average molecular weight is 661 g/mol. The summed E-state index contributed by atoms with van der Waals surface area (Å²) in [7, 11) is 1.15. The summed E-state index contributed by atoms with van der Waals surface area (Å²) in [6, 6.07) is 18.9. The normalized spacial score (nSPS) is 31.6. The number of nitrogens with one attached hydrogen (secondary N) is 1. The van der Waals surface area contributed by atoms with Crippen molar-refractivity contribution in [3.05, 3.63) is 59.7 Å². The highest BCUT2D eigenvalue weighted by atomic mass is 79.9. The van der Waals surface area contributed by atoms with Crippen LogP contribution in [-0.4, -0.2) is 20.1 Å². The maximum absolute atomic E-state index is 3.79. The molecule has 3 heteroatoms. The third kappa shape index (κ3) is 6.57. The Morgan fingerprint density at radius 3 is 1.37 bits per heavy atom. The number of benzene rings is 3. The SMILES string of the molecule is BrC1Cc2c(c3ccccc3c3ccccc23)C1.CC1CC2C3CCCCC3C3CCCCC3C2C1.CC[Si](C)(C)NC. The monoisotopic (exact) mass is 659 g/mol. The predicted octanol–water partition coefficient (Wildman–Crippen LogP) is 11.6. The highest BCUT2D eigenvalue weighted by Crippen LogP contribution is 2.61. The van der Waals surface area contributed by atoms with Crippen LogP contribution >= 0.6 is 15.9 Å². The van der Waals surface area contributed by atoms with Crippen LogP contribution in [0.25, 0.3) is 21.5 Å². The standard InChI is InChI=1S/C18H30.C17H13Br.C5H15NSi/c1-12-10-17-15-8-4-2-6-13(15)14-7-3-5-9-16(14)18(17)11-12;18-11-9-16-14-7-3-1-5-12(14)13-6-2-4-8-15(13)17(16)10-11;1-5-7(3,4)6-2/h12-18H,2-11H2,1H3;1-8,11H,9-10H2;6H,5H2,1-4H3. The summed E-state index contributed by atoms with van der Waals surface area (Å²) in [5, 5.41) is 5.67. The first kappa shape index (κ1) is 31.8. The lowest BCUT2D eigenvalue weighted by Gasteiger charge is -2.54. The molecular weight excluding hydrogens is 602 g/mol. The van der Waals surface area contributed by atoms with Crippen LogP contribution in [0.1, 0.15) is 89.2 Å². The second-order valence-corrected chi connectivity index (χ2v) is 21.9. The van der Waals surface area contributed by atoms with E-state index in [0.29, 0.717) is 4.83 Å². The molecule has 8 rings (SSSR count). The Balaban J connectivity index is 0.000000127. The predicted molar refractivity (Wildman–Crippen MR) is 195 cm³/mol. The molecule has 43 heavy (non-hydrogen) atoms. The van der Waals surface area contributed by atoms with E-state index in [1.807, 2.05) is 0 Å². The van der Waals surface area contributed by atoms with Gasteiger partial charge in [0.1, 0.15) is 8.24 Å². The molecule has 1 nitrogen and oxygen atoms in total. The fourth-order valence-electron chi connectivity index (χ4n) is 10.3. The molecule has 3 aromatic rings. The summed E-state index contributed by atoms with van der Waals surface area (Å²) in [6.45, 7) is 9.43. The van der Waals surface area contributed by atoms with E-state index in [1.54, 1.807) is 75.3 Å². The molecule has 6 unspecified atom stereocenters. The molecule has 0 heterocycles. The first-order valence-electron chi connectivity index (χ1n) is 18.1. The van der Waals surface area contributed by atoms with Gasteiger partial charge < -0.3 is 4.98 Å². The van der Waals surface area contributed by atoms with Crippen LogP contribution in [0.5, 0.6) is 0 Å². The van der Waals surface area contributed by atoms with Gasteiger partial charge in [0, 0.05) is 4.83 Å². The van der Waals surface area contributed by atoms with Gasteiger partial charge in [-0.2, -0.15) is 0 Å². The molecule has 6 atom stereocenters. The van der Waals surface area contributed by atoms with Crippen molar-refractivity contribution in [3.8, 4) is 0 Å². The Labute approximate surface area is 272 Å². The fourth-order valence-corrected chi connectivity index (χ4v) is 11.3. The number of alkyl halides is 1. The topological polar surface area (TPSA) is 12.0 Å². The van der Waals surface area contributed by atoms with Crippen LogP contribution in [0, 0.1) is 41.4 Å². The van der Waals surface area contributed by atoms with Crippen LogP contribution < -0.4 is 4.98 Å². The first-order chi connectivity index (χ1) is 20.8. The molecule has 5 aliphatic carbocycles. The Morgan fingerprint density at radius 2 is 1.02 bits per heavy atom. The van der Waals surface area contributed by atoms with Gasteiger partial charge in [0.25, 0.3) is 0 Å². The molecule has 234 valence electrons. The van der Waals surface area contributed by atoms with Crippen LogP contribution in [0.3, 0.4) is 0 Å². The molecule has 1 N–H and O–H groups in total. The summed E-state index contributed by atoms with van der Waals surface area (Å²) < 4.78 is 0. The van der Waals surface area contributed by atoms with Crippen molar-refractivity contribution in [3.63, 3.8) is 0 Å². The van der Waals surface area contributed by atoms with Gasteiger partial charge in [-0.15, -0.1) is 0 Å². The maximum Gasteiger partial charge on any atom is 0.118 e. The lowest BCUT2D eigenvalue weighted by molar-refractivity contribution is -0.0484. The van der Waals surface area contributed by atoms with E-state index < -0.39 is 8.24 Å². The number of rotatable bonds is 2. The molecule has 0 bridgehead atoms. The van der Waals surface area contributed by atoms with E-state index in [0.717, 1.165) is 54.3 Å². The molecule has 0 spiro atoms. The number of hydrogen-bond donors (Lipinski definition) is 1. The quantitative estimate of drug-likeness (QED) is 0.164. The molecule has 0 aromatic heterocycles. The van der Waals surface area contributed by atoms with E-state index in [4.69, 9.17) is 0 Å². The van der Waals surface area contributed by atoms with Crippen molar-refractivity contribution in [1.29, 1.82) is 0 Å². The lowest BCUT2D eigenvalue weighted by Crippen LogP contribution is -2.46. The van der Waals surface area contributed by atoms with Gasteiger partial charge in [0.2, 0.25) is 0 Å². The van der Waals surface area contributed by atoms with E-state index in [9.17, 15) is 0 Å². The highest BCUT2D eigenvalue weighted by molar-refractivity contribution is 9.09. The zero-order chi connectivity index (χ0) is 30.1. The Hall–Kier alpha value is -1.16. The highest BCUT2D eigenvalue weighted by Gasteiger charge is 2.53. The number of fused-ring (bicyclic) bond motifs is 12. The lowest BCUT2D eigenvalue weighted by atomic mass is 9.51. The van der Waals surface area contributed by atoms with E-state index in [2.05, 4.69) is 103 Å². The molecule has 0 aliphatic heterocycles. The van der Waals surface area contributed by atoms with E-state index in [-0.39, 0.29) is 0 Å². The number of hydrogen-bond acceptors (Lipinski definition) is 1. The molecule has 5 aliphatic rings. The third-order valence-corrected chi connectivity index (χ3v) is 16.6. The summed E-state index contributed by atoms with van der Waals surface area (Å²) in [5.74, 6) is 8.00. The zero-order valence-corrected chi connectivity index (χ0v) is 30.4. The van der Waals surface area contributed by atoms with Gasteiger partial charge in [-0.1, -0.05) is 117 Å². The second kappa shape index (κ2) is 13.7. The van der Waals surface area contributed by atoms with Crippen molar-refractivity contribution < 1.29 is 0 Å². The van der Waals surface area contributed by atoms with Gasteiger partial charge in [0.05, 0.1) is 0 Å². The minimum Gasteiger partial charge on any atom is -0.340 e. The van der Waals surface area contributed by atoms with Crippen molar-refractivity contribution >= 4 is 45.7 Å². The second-order valence-electron chi connectivity index (χ2n) is 15.7. The van der Waals surface area contributed by atoms with Crippen molar-refractivity contribution in [2.45, 2.75) is 115 Å². The fraction of sp³-hybridized carbons (Fsp3) is 0.650. The van der Waals surface area contributed by atoms with Crippen LogP contribution in [-0.2, 0) is 12.8 Å². The van der Waals surface area contributed by atoms with Crippen LogP contribution in [0.4, 0.5) is 0 Å². The first-order valence-corrected chi connectivity index (χ1v) is 22.2. The molecular formula is C40H58BrNSi. The smallest absolute Gasteiger partial charge is 0.118 e. The van der Waals surface area contributed by atoms with Gasteiger partial charge in [-0.05, 0) is 139 Å². The molecule has 4 fully saturated rings. The molecule has 0 saturated heterocycles.